The van der Waals surface area contributed by atoms with Crippen molar-refractivity contribution in [3.8, 4) is 5.75 Å². The topological polar surface area (TPSA) is 133 Å². The normalized spacial score (nSPS) is 11.7. The van der Waals surface area contributed by atoms with Crippen molar-refractivity contribution in [2.45, 2.75) is 24.5 Å². The van der Waals surface area contributed by atoms with Gasteiger partial charge in [-0.15, -0.1) is 0 Å². The largest absolute Gasteiger partial charge is 0.379 e. The summed E-state index contributed by atoms with van der Waals surface area (Å²) in [5.74, 6) is -0.739. The Labute approximate surface area is 187 Å². The highest BCUT2D eigenvalue weighted by Gasteiger charge is 2.20. The summed E-state index contributed by atoms with van der Waals surface area (Å²) in [4.78, 5) is 12.6. The summed E-state index contributed by atoms with van der Waals surface area (Å²) in [6, 6.07) is 17.0. The lowest BCUT2D eigenvalue weighted by atomic mass is 10.2. The number of hydrogen-bond acceptors (Lipinski definition) is 6. The zero-order valence-electron chi connectivity index (χ0n) is 17.4. The Morgan fingerprint density at radius 1 is 0.938 bits per heavy atom. The number of nitrogens with one attached hydrogen (secondary N) is 1. The van der Waals surface area contributed by atoms with Gasteiger partial charge >= 0.3 is 10.1 Å². The van der Waals surface area contributed by atoms with E-state index >= 15 is 0 Å². The van der Waals surface area contributed by atoms with E-state index in [1.807, 2.05) is 6.07 Å². The van der Waals surface area contributed by atoms with Gasteiger partial charge in [-0.2, -0.15) is 8.42 Å². The number of anilines is 1. The maximum atomic E-state index is 12.6. The molecular formula is C22H22N2O6S2. The van der Waals surface area contributed by atoms with Crippen LogP contribution in [-0.4, -0.2) is 22.7 Å². The number of primary sulfonamides is 1. The SMILES string of the molecule is Cc1ccc(C)c(S(=O)(=O)Oc2ccc(C(=O)Nc3cccc(CS(N)(=O)=O)c3)cc2)c1. The van der Waals surface area contributed by atoms with E-state index in [2.05, 4.69) is 5.32 Å². The lowest BCUT2D eigenvalue weighted by Gasteiger charge is -2.11. The second-order valence-corrected chi connectivity index (χ2v) is 10.4. The number of benzene rings is 3. The number of hydrogen-bond donors (Lipinski definition) is 2. The first-order valence-corrected chi connectivity index (χ1v) is 12.6. The molecule has 8 nitrogen and oxygen atoms in total. The second kappa shape index (κ2) is 9.11. The van der Waals surface area contributed by atoms with E-state index in [4.69, 9.17) is 9.32 Å². The third kappa shape index (κ3) is 6.16. The first kappa shape index (κ1) is 23.5. The van der Waals surface area contributed by atoms with Crippen molar-refractivity contribution >= 4 is 31.7 Å². The summed E-state index contributed by atoms with van der Waals surface area (Å²) in [5.41, 5.74) is 2.45. The molecule has 0 aliphatic rings. The molecule has 0 aliphatic heterocycles. The second-order valence-electron chi connectivity index (χ2n) is 7.29. The minimum atomic E-state index is -4.03. The molecule has 3 rings (SSSR count). The zero-order chi connectivity index (χ0) is 23.5. The van der Waals surface area contributed by atoms with Crippen molar-refractivity contribution in [2.75, 3.05) is 5.32 Å². The number of aryl methyl sites for hydroxylation is 2. The third-order valence-corrected chi connectivity index (χ3v) is 6.61. The molecule has 3 N–H and O–H groups in total. The molecule has 0 radical (unpaired) electrons. The fraction of sp³-hybridized carbons (Fsp3) is 0.136. The van der Waals surface area contributed by atoms with E-state index in [9.17, 15) is 21.6 Å². The molecule has 10 heteroatoms. The molecule has 168 valence electrons. The van der Waals surface area contributed by atoms with Crippen LogP contribution in [0.4, 0.5) is 5.69 Å². The lowest BCUT2D eigenvalue weighted by molar-refractivity contribution is 0.102. The molecule has 0 saturated carbocycles. The van der Waals surface area contributed by atoms with Crippen molar-refractivity contribution < 1.29 is 25.8 Å². The smallest absolute Gasteiger partial charge is 0.339 e. The fourth-order valence-electron chi connectivity index (χ4n) is 2.98. The van der Waals surface area contributed by atoms with Gasteiger partial charge in [0.25, 0.3) is 5.91 Å². The molecule has 0 heterocycles. The Morgan fingerprint density at radius 2 is 1.62 bits per heavy atom. The van der Waals surface area contributed by atoms with Crippen LogP contribution in [0.3, 0.4) is 0 Å². The van der Waals surface area contributed by atoms with Gasteiger partial charge in [-0.1, -0.05) is 24.3 Å². The number of carbonyl (C=O) groups excluding carboxylic acids is 1. The van der Waals surface area contributed by atoms with E-state index in [1.54, 1.807) is 38.1 Å². The molecule has 3 aromatic carbocycles. The first-order chi connectivity index (χ1) is 14.9. The zero-order valence-corrected chi connectivity index (χ0v) is 19.0. The van der Waals surface area contributed by atoms with Gasteiger partial charge in [0.2, 0.25) is 10.0 Å². The minimum Gasteiger partial charge on any atom is -0.379 e. The van der Waals surface area contributed by atoms with Crippen molar-refractivity contribution in [2.24, 2.45) is 5.14 Å². The van der Waals surface area contributed by atoms with Crippen molar-refractivity contribution in [1.29, 1.82) is 0 Å². The Hall–Kier alpha value is -3.21. The third-order valence-electron chi connectivity index (χ3n) is 4.49. The van der Waals surface area contributed by atoms with Gasteiger partial charge in [0, 0.05) is 11.3 Å². The van der Waals surface area contributed by atoms with Gasteiger partial charge in [-0.3, -0.25) is 4.79 Å². The van der Waals surface area contributed by atoms with Crippen LogP contribution < -0.4 is 14.6 Å². The van der Waals surface area contributed by atoms with E-state index in [0.29, 0.717) is 16.8 Å². The van der Waals surface area contributed by atoms with Gasteiger partial charge in [0.15, 0.2) is 0 Å². The van der Waals surface area contributed by atoms with Gasteiger partial charge in [-0.05, 0) is 73.0 Å². The molecule has 0 bridgehead atoms. The summed E-state index contributed by atoms with van der Waals surface area (Å²) in [5, 5.41) is 7.71. The molecule has 0 atom stereocenters. The molecule has 1 amide bonds. The van der Waals surface area contributed by atoms with Crippen LogP contribution in [-0.2, 0) is 25.9 Å². The highest BCUT2D eigenvalue weighted by molar-refractivity contribution is 7.88. The molecule has 3 aromatic rings. The number of carbonyl (C=O) groups is 1. The van der Waals surface area contributed by atoms with Crippen LogP contribution in [0.2, 0.25) is 0 Å². The van der Waals surface area contributed by atoms with Crippen LogP contribution in [0.5, 0.6) is 5.75 Å². The minimum absolute atomic E-state index is 0.0672. The summed E-state index contributed by atoms with van der Waals surface area (Å²) in [6.45, 7) is 3.47. The number of amides is 1. The van der Waals surface area contributed by atoms with Gasteiger partial charge in [0.1, 0.15) is 10.6 Å². The molecular weight excluding hydrogens is 452 g/mol. The Bertz CT molecular complexity index is 1370. The van der Waals surface area contributed by atoms with E-state index in [1.165, 1.54) is 36.4 Å². The van der Waals surface area contributed by atoms with Crippen molar-refractivity contribution in [3.63, 3.8) is 0 Å². The predicted molar refractivity (Wildman–Crippen MR) is 121 cm³/mol. The van der Waals surface area contributed by atoms with E-state index in [-0.39, 0.29) is 22.0 Å². The monoisotopic (exact) mass is 474 g/mol. The van der Waals surface area contributed by atoms with Crippen molar-refractivity contribution in [1.82, 2.24) is 0 Å². The van der Waals surface area contributed by atoms with Crippen LogP contribution >= 0.6 is 0 Å². The highest BCUT2D eigenvalue weighted by atomic mass is 32.2. The maximum absolute atomic E-state index is 12.6. The Morgan fingerprint density at radius 3 is 2.28 bits per heavy atom. The summed E-state index contributed by atoms with van der Waals surface area (Å²) in [6.07, 6.45) is 0. The van der Waals surface area contributed by atoms with Crippen molar-refractivity contribution in [3.05, 3.63) is 89.0 Å². The number of sulfonamides is 1. The fourth-order valence-corrected chi connectivity index (χ4v) is 4.88. The average molecular weight is 475 g/mol. The summed E-state index contributed by atoms with van der Waals surface area (Å²) >= 11 is 0. The lowest BCUT2D eigenvalue weighted by Crippen LogP contribution is -2.15. The van der Waals surface area contributed by atoms with E-state index in [0.717, 1.165) is 5.56 Å². The van der Waals surface area contributed by atoms with E-state index < -0.39 is 26.0 Å². The first-order valence-electron chi connectivity index (χ1n) is 9.45. The van der Waals surface area contributed by atoms with Crippen LogP contribution in [0, 0.1) is 13.8 Å². The quantitative estimate of drug-likeness (QED) is 0.506. The van der Waals surface area contributed by atoms with Gasteiger partial charge in [-0.25, -0.2) is 13.6 Å². The van der Waals surface area contributed by atoms with Crippen LogP contribution in [0.1, 0.15) is 27.0 Å². The predicted octanol–water partition coefficient (Wildman–Crippen LogP) is 3.11. The average Bonchev–Trinajstić information content (AvgIpc) is 2.69. The molecule has 0 aliphatic carbocycles. The summed E-state index contributed by atoms with van der Waals surface area (Å²) < 4.78 is 52.9. The molecule has 0 fully saturated rings. The van der Waals surface area contributed by atoms with Gasteiger partial charge in [0.05, 0.1) is 5.75 Å². The molecule has 0 saturated heterocycles. The Kier molecular flexibility index (Phi) is 6.68. The summed E-state index contributed by atoms with van der Waals surface area (Å²) in [7, 11) is -7.72. The van der Waals surface area contributed by atoms with Gasteiger partial charge < -0.3 is 9.50 Å². The van der Waals surface area contributed by atoms with Crippen LogP contribution in [0.25, 0.3) is 0 Å². The maximum Gasteiger partial charge on any atom is 0.339 e. The molecule has 0 spiro atoms. The molecule has 0 aromatic heterocycles. The highest BCUT2D eigenvalue weighted by Crippen LogP contribution is 2.23. The number of rotatable bonds is 7. The number of nitrogens with two attached hydrogens (primary N) is 1. The molecule has 32 heavy (non-hydrogen) atoms. The standard InChI is InChI=1S/C22H22N2O6S2/c1-15-6-7-16(2)21(12-15)32(28,29)30-20-10-8-18(9-11-20)22(25)24-19-5-3-4-17(13-19)14-31(23,26)27/h3-13H,14H2,1-2H3,(H,24,25)(H2,23,26,27). The molecule has 0 unspecified atom stereocenters. The Balaban J connectivity index is 1.72. The van der Waals surface area contributed by atoms with Crippen LogP contribution in [0.15, 0.2) is 71.6 Å².